The quantitative estimate of drug-likeness (QED) is 0.638. The largest absolute Gasteiger partial charge is 0.462 e. The topological polar surface area (TPSA) is 70.8 Å². The smallest absolute Gasteiger partial charge is 0.323 e. The molecule has 2 N–H and O–H groups in total. The van der Waals surface area contributed by atoms with Gasteiger partial charge in [-0.3, -0.25) is 4.79 Å². The molecule has 1 rings (SSSR count). The molecule has 0 spiro atoms. The third-order valence-electron chi connectivity index (χ3n) is 2.37. The fourth-order valence-electron chi connectivity index (χ4n) is 1.42. The molecule has 1 aliphatic heterocycles. The van der Waals surface area contributed by atoms with E-state index in [-0.39, 0.29) is 12.1 Å². The minimum Gasteiger partial charge on any atom is -0.462 e. The van der Waals surface area contributed by atoms with Crippen molar-refractivity contribution >= 4 is 5.97 Å². The number of esters is 1. The van der Waals surface area contributed by atoms with E-state index in [0.29, 0.717) is 19.6 Å². The van der Waals surface area contributed by atoms with Crippen LogP contribution in [0.4, 0.5) is 0 Å². The predicted octanol–water partition coefficient (Wildman–Crippen LogP) is 0.0724. The van der Waals surface area contributed by atoms with Crippen molar-refractivity contribution in [1.82, 2.24) is 0 Å². The summed E-state index contributed by atoms with van der Waals surface area (Å²) in [4.78, 5) is 11.3. The van der Waals surface area contributed by atoms with Gasteiger partial charge in [-0.1, -0.05) is 0 Å². The van der Waals surface area contributed by atoms with E-state index >= 15 is 0 Å². The van der Waals surface area contributed by atoms with E-state index in [1.165, 1.54) is 0 Å². The molecule has 0 aliphatic carbocycles. The van der Waals surface area contributed by atoms with Gasteiger partial charge in [-0.2, -0.15) is 0 Å². The van der Waals surface area contributed by atoms with E-state index in [0.717, 1.165) is 19.4 Å². The van der Waals surface area contributed by atoms with Crippen LogP contribution in [0.25, 0.3) is 0 Å². The van der Waals surface area contributed by atoms with Crippen molar-refractivity contribution in [2.75, 3.05) is 26.9 Å². The first kappa shape index (κ1) is 12.4. The van der Waals surface area contributed by atoms with Crippen molar-refractivity contribution in [1.29, 1.82) is 0 Å². The molecule has 0 aromatic heterocycles. The molecule has 5 nitrogen and oxygen atoms in total. The highest BCUT2D eigenvalue weighted by Crippen LogP contribution is 2.12. The summed E-state index contributed by atoms with van der Waals surface area (Å²) in [5.74, 6) is -0.373. The van der Waals surface area contributed by atoms with Gasteiger partial charge in [-0.05, 0) is 19.3 Å². The van der Waals surface area contributed by atoms with Crippen LogP contribution in [0.5, 0.6) is 0 Å². The summed E-state index contributed by atoms with van der Waals surface area (Å²) in [6.07, 6.45) is 2.54. The van der Waals surface area contributed by atoms with Crippen LogP contribution in [0.15, 0.2) is 0 Å². The van der Waals surface area contributed by atoms with Crippen LogP contribution in [0, 0.1) is 0 Å². The first-order chi connectivity index (χ1) is 7.24. The lowest BCUT2D eigenvalue weighted by Crippen LogP contribution is -2.35. The van der Waals surface area contributed by atoms with Crippen LogP contribution in [0.1, 0.15) is 19.3 Å². The average Bonchev–Trinajstić information content (AvgIpc) is 2.75. The first-order valence-corrected chi connectivity index (χ1v) is 5.26. The normalized spacial score (nSPS) is 22.7. The van der Waals surface area contributed by atoms with Gasteiger partial charge in [0, 0.05) is 20.3 Å². The van der Waals surface area contributed by atoms with Gasteiger partial charge in [0.2, 0.25) is 0 Å². The zero-order valence-electron chi connectivity index (χ0n) is 9.11. The molecule has 5 heteroatoms. The SMILES string of the molecule is COCCC(N)C(=O)OCC1CCCO1. The van der Waals surface area contributed by atoms with Gasteiger partial charge in [0.1, 0.15) is 12.6 Å². The molecule has 0 aromatic rings. The third kappa shape index (κ3) is 4.59. The van der Waals surface area contributed by atoms with Gasteiger partial charge in [0.15, 0.2) is 0 Å². The lowest BCUT2D eigenvalue weighted by atomic mass is 10.2. The maximum Gasteiger partial charge on any atom is 0.323 e. The van der Waals surface area contributed by atoms with E-state index in [4.69, 9.17) is 19.9 Å². The monoisotopic (exact) mass is 217 g/mol. The molecule has 1 heterocycles. The predicted molar refractivity (Wildman–Crippen MR) is 54.4 cm³/mol. The molecular formula is C10H19NO4. The van der Waals surface area contributed by atoms with E-state index in [9.17, 15) is 4.79 Å². The number of nitrogens with two attached hydrogens (primary N) is 1. The number of rotatable bonds is 6. The number of hydrogen-bond donors (Lipinski definition) is 1. The average molecular weight is 217 g/mol. The van der Waals surface area contributed by atoms with Crippen molar-refractivity contribution in [3.8, 4) is 0 Å². The Morgan fingerprint density at radius 1 is 1.67 bits per heavy atom. The first-order valence-electron chi connectivity index (χ1n) is 5.26. The van der Waals surface area contributed by atoms with Gasteiger partial charge in [-0.15, -0.1) is 0 Å². The molecule has 1 fully saturated rings. The van der Waals surface area contributed by atoms with Crippen molar-refractivity contribution in [3.05, 3.63) is 0 Å². The Morgan fingerprint density at radius 3 is 3.07 bits per heavy atom. The van der Waals surface area contributed by atoms with Crippen LogP contribution in [-0.2, 0) is 19.0 Å². The van der Waals surface area contributed by atoms with Crippen LogP contribution in [-0.4, -0.2) is 45.0 Å². The maximum atomic E-state index is 11.3. The summed E-state index contributed by atoms with van der Waals surface area (Å²) in [7, 11) is 1.57. The highest BCUT2D eigenvalue weighted by atomic mass is 16.6. The zero-order valence-corrected chi connectivity index (χ0v) is 9.11. The zero-order chi connectivity index (χ0) is 11.1. The minimum absolute atomic E-state index is 0.0589. The molecule has 2 atom stereocenters. The van der Waals surface area contributed by atoms with Gasteiger partial charge in [-0.25, -0.2) is 0 Å². The van der Waals surface area contributed by atoms with Crippen molar-refractivity contribution in [3.63, 3.8) is 0 Å². The summed E-state index contributed by atoms with van der Waals surface area (Å²) in [6, 6.07) is -0.591. The summed E-state index contributed by atoms with van der Waals surface area (Å²) in [5, 5.41) is 0. The standard InChI is InChI=1S/C10H19NO4/c1-13-6-4-9(11)10(12)15-7-8-3-2-5-14-8/h8-9H,2-7,11H2,1H3. The molecule has 2 unspecified atom stereocenters. The second kappa shape index (κ2) is 6.76. The third-order valence-corrected chi connectivity index (χ3v) is 2.37. The molecule has 0 aromatic carbocycles. The molecule has 15 heavy (non-hydrogen) atoms. The second-order valence-electron chi connectivity index (χ2n) is 3.65. The number of ether oxygens (including phenoxy) is 3. The Kier molecular flexibility index (Phi) is 5.60. The van der Waals surface area contributed by atoms with Crippen molar-refractivity contribution in [2.45, 2.75) is 31.4 Å². The lowest BCUT2D eigenvalue weighted by Gasteiger charge is -2.13. The summed E-state index contributed by atoms with van der Waals surface area (Å²) in [6.45, 7) is 1.55. The van der Waals surface area contributed by atoms with Crippen LogP contribution >= 0.6 is 0 Å². The molecule has 1 aliphatic rings. The Morgan fingerprint density at radius 2 is 2.47 bits per heavy atom. The number of hydrogen-bond acceptors (Lipinski definition) is 5. The van der Waals surface area contributed by atoms with Gasteiger partial charge in [0.05, 0.1) is 6.10 Å². The highest BCUT2D eigenvalue weighted by Gasteiger charge is 2.20. The molecule has 88 valence electrons. The fourth-order valence-corrected chi connectivity index (χ4v) is 1.42. The molecular weight excluding hydrogens is 198 g/mol. The van der Waals surface area contributed by atoms with Crippen LogP contribution in [0.2, 0.25) is 0 Å². The highest BCUT2D eigenvalue weighted by molar-refractivity contribution is 5.75. The maximum absolute atomic E-state index is 11.3. The summed E-state index contributed by atoms with van der Waals surface area (Å²) < 4.78 is 15.2. The number of carbonyl (C=O) groups excluding carboxylic acids is 1. The number of carbonyl (C=O) groups is 1. The number of methoxy groups -OCH3 is 1. The second-order valence-corrected chi connectivity index (χ2v) is 3.65. The molecule has 0 saturated carbocycles. The fraction of sp³-hybridized carbons (Fsp3) is 0.900. The van der Waals surface area contributed by atoms with Gasteiger partial charge >= 0.3 is 5.97 Å². The van der Waals surface area contributed by atoms with E-state index in [1.54, 1.807) is 7.11 Å². The molecule has 0 bridgehead atoms. The van der Waals surface area contributed by atoms with Crippen LogP contribution in [0.3, 0.4) is 0 Å². The van der Waals surface area contributed by atoms with Crippen LogP contribution < -0.4 is 5.73 Å². The minimum atomic E-state index is -0.591. The van der Waals surface area contributed by atoms with Crippen molar-refractivity contribution < 1.29 is 19.0 Å². The Bertz CT molecular complexity index is 192. The van der Waals surface area contributed by atoms with E-state index < -0.39 is 6.04 Å². The Labute approximate surface area is 89.9 Å². The Hall–Kier alpha value is -0.650. The molecule has 1 saturated heterocycles. The van der Waals surface area contributed by atoms with E-state index in [1.807, 2.05) is 0 Å². The van der Waals surface area contributed by atoms with E-state index in [2.05, 4.69) is 0 Å². The molecule has 0 amide bonds. The van der Waals surface area contributed by atoms with Gasteiger partial charge < -0.3 is 19.9 Å². The summed E-state index contributed by atoms with van der Waals surface area (Å²) >= 11 is 0. The molecule has 0 radical (unpaired) electrons. The summed E-state index contributed by atoms with van der Waals surface area (Å²) in [5.41, 5.74) is 5.59. The van der Waals surface area contributed by atoms with Crippen molar-refractivity contribution in [2.24, 2.45) is 5.73 Å². The Balaban J connectivity index is 2.11. The lowest BCUT2D eigenvalue weighted by molar-refractivity contribution is -0.148. The van der Waals surface area contributed by atoms with Gasteiger partial charge in [0.25, 0.3) is 0 Å².